The molecule has 2 aromatic heterocycles. The number of hydrogen-bond donors (Lipinski definition) is 2. The molecule has 2 N–H and O–H groups in total. The molecule has 0 aliphatic carbocycles. The normalized spacial score (nSPS) is 10.7. The third-order valence-electron chi connectivity index (χ3n) is 3.42. The maximum Gasteiger partial charge on any atom is 0.234 e. The number of rotatable bonds is 7. The number of pyridine rings is 1. The maximum atomic E-state index is 11.9. The number of hydrogen-bond acceptors (Lipinski definition) is 5. The summed E-state index contributed by atoms with van der Waals surface area (Å²) in [5, 5.41) is 14.2. The number of benzene rings is 1. The van der Waals surface area contributed by atoms with E-state index in [1.54, 1.807) is 24.3 Å². The van der Waals surface area contributed by atoms with E-state index in [-0.39, 0.29) is 29.9 Å². The van der Waals surface area contributed by atoms with Crippen molar-refractivity contribution in [2.24, 2.45) is 0 Å². The fourth-order valence-corrected chi connectivity index (χ4v) is 2.98. The SMILES string of the molecule is O=C(CSCC(=O)Nc1ccc(Cl)cc1)NCc1nnc2ccccn12. The number of fused-ring (bicyclic) bond motifs is 1. The van der Waals surface area contributed by atoms with Gasteiger partial charge in [0.05, 0.1) is 18.1 Å². The van der Waals surface area contributed by atoms with Crippen LogP contribution in [0.4, 0.5) is 5.69 Å². The molecule has 2 amide bonds. The van der Waals surface area contributed by atoms with Gasteiger partial charge in [-0.05, 0) is 36.4 Å². The van der Waals surface area contributed by atoms with Crippen molar-refractivity contribution in [2.75, 3.05) is 16.8 Å². The van der Waals surface area contributed by atoms with Crippen LogP contribution < -0.4 is 10.6 Å². The molecule has 0 radical (unpaired) electrons. The molecule has 0 atom stereocenters. The molecule has 0 fully saturated rings. The van der Waals surface area contributed by atoms with Crippen LogP contribution in [-0.4, -0.2) is 37.9 Å². The molecule has 0 saturated carbocycles. The van der Waals surface area contributed by atoms with E-state index < -0.39 is 0 Å². The van der Waals surface area contributed by atoms with Crippen LogP contribution >= 0.6 is 23.4 Å². The highest BCUT2D eigenvalue weighted by molar-refractivity contribution is 8.00. The van der Waals surface area contributed by atoms with Crippen molar-refractivity contribution in [2.45, 2.75) is 6.54 Å². The zero-order valence-electron chi connectivity index (χ0n) is 13.7. The first-order chi connectivity index (χ1) is 12.6. The number of nitrogens with one attached hydrogen (secondary N) is 2. The Hall–Kier alpha value is -2.58. The van der Waals surface area contributed by atoms with Crippen molar-refractivity contribution in [3.8, 4) is 0 Å². The van der Waals surface area contributed by atoms with Gasteiger partial charge < -0.3 is 10.6 Å². The summed E-state index contributed by atoms with van der Waals surface area (Å²) < 4.78 is 1.81. The molecule has 0 bridgehead atoms. The lowest BCUT2D eigenvalue weighted by atomic mass is 10.3. The van der Waals surface area contributed by atoms with Gasteiger partial charge in [0, 0.05) is 16.9 Å². The third kappa shape index (κ3) is 4.96. The molecular formula is C17H16ClN5O2S. The molecule has 9 heteroatoms. The molecule has 0 saturated heterocycles. The Kier molecular flexibility index (Phi) is 6.08. The summed E-state index contributed by atoms with van der Waals surface area (Å²) in [7, 11) is 0. The number of carbonyl (C=O) groups is 2. The van der Waals surface area contributed by atoms with Crippen LogP contribution in [0.25, 0.3) is 5.65 Å². The number of halogens is 1. The van der Waals surface area contributed by atoms with Gasteiger partial charge in [0.2, 0.25) is 11.8 Å². The summed E-state index contributed by atoms with van der Waals surface area (Å²) in [6.07, 6.45) is 1.84. The van der Waals surface area contributed by atoms with Crippen molar-refractivity contribution in [1.29, 1.82) is 0 Å². The second-order valence-corrected chi connectivity index (χ2v) is 6.79. The van der Waals surface area contributed by atoms with Crippen LogP contribution in [0.3, 0.4) is 0 Å². The molecule has 7 nitrogen and oxygen atoms in total. The van der Waals surface area contributed by atoms with Crippen molar-refractivity contribution in [3.63, 3.8) is 0 Å². The van der Waals surface area contributed by atoms with Crippen LogP contribution in [0.1, 0.15) is 5.82 Å². The standard InChI is InChI=1S/C17H16ClN5O2S/c18-12-4-6-13(7-5-12)20-17(25)11-26-10-16(24)19-9-15-22-21-14-3-1-2-8-23(14)15/h1-8H,9-11H2,(H,19,24)(H,20,25). The summed E-state index contributed by atoms with van der Waals surface area (Å²) in [4.78, 5) is 23.8. The largest absolute Gasteiger partial charge is 0.348 e. The molecule has 0 aliphatic heterocycles. The average Bonchev–Trinajstić information content (AvgIpc) is 3.05. The van der Waals surface area contributed by atoms with E-state index in [1.807, 2.05) is 28.8 Å². The number of nitrogens with zero attached hydrogens (tertiary/aromatic N) is 3. The van der Waals surface area contributed by atoms with Crippen molar-refractivity contribution >= 4 is 46.5 Å². The molecule has 0 aliphatic rings. The number of amides is 2. The van der Waals surface area contributed by atoms with Gasteiger partial charge >= 0.3 is 0 Å². The number of anilines is 1. The van der Waals surface area contributed by atoms with E-state index in [9.17, 15) is 9.59 Å². The summed E-state index contributed by atoms with van der Waals surface area (Å²) in [5.74, 6) is 0.685. The fraction of sp³-hybridized carbons (Fsp3) is 0.176. The first kappa shape index (κ1) is 18.2. The minimum atomic E-state index is -0.173. The first-order valence-electron chi connectivity index (χ1n) is 7.80. The molecule has 1 aromatic carbocycles. The van der Waals surface area contributed by atoms with Gasteiger partial charge in [0.25, 0.3) is 0 Å². The highest BCUT2D eigenvalue weighted by Crippen LogP contribution is 2.13. The van der Waals surface area contributed by atoms with Gasteiger partial charge in [0.1, 0.15) is 0 Å². The Bertz CT molecular complexity index is 913. The van der Waals surface area contributed by atoms with Crippen LogP contribution in [0.2, 0.25) is 5.02 Å². The summed E-state index contributed by atoms with van der Waals surface area (Å²) in [5.41, 5.74) is 1.40. The zero-order chi connectivity index (χ0) is 18.4. The minimum absolute atomic E-state index is 0.165. The molecule has 134 valence electrons. The quantitative estimate of drug-likeness (QED) is 0.647. The van der Waals surface area contributed by atoms with E-state index in [2.05, 4.69) is 20.8 Å². The number of carbonyl (C=O) groups excluding carboxylic acids is 2. The Morgan fingerprint density at radius 3 is 2.62 bits per heavy atom. The lowest BCUT2D eigenvalue weighted by Gasteiger charge is -2.06. The summed E-state index contributed by atoms with van der Waals surface area (Å²) >= 11 is 7.03. The number of thioether (sulfide) groups is 1. The Morgan fingerprint density at radius 1 is 1.04 bits per heavy atom. The second kappa shape index (κ2) is 8.68. The van der Waals surface area contributed by atoms with Crippen LogP contribution in [0, 0.1) is 0 Å². The van der Waals surface area contributed by atoms with Crippen LogP contribution in [0.15, 0.2) is 48.7 Å². The van der Waals surface area contributed by atoms with Gasteiger partial charge in [-0.3, -0.25) is 14.0 Å². The van der Waals surface area contributed by atoms with Gasteiger partial charge in [-0.1, -0.05) is 17.7 Å². The van der Waals surface area contributed by atoms with Crippen LogP contribution in [0.5, 0.6) is 0 Å². The summed E-state index contributed by atoms with van der Waals surface area (Å²) in [6.45, 7) is 0.279. The van der Waals surface area contributed by atoms with E-state index in [0.717, 1.165) is 5.65 Å². The van der Waals surface area contributed by atoms with Crippen molar-refractivity contribution in [3.05, 3.63) is 59.5 Å². The van der Waals surface area contributed by atoms with Gasteiger partial charge in [-0.15, -0.1) is 22.0 Å². The average molecular weight is 390 g/mol. The van der Waals surface area contributed by atoms with E-state index >= 15 is 0 Å². The van der Waals surface area contributed by atoms with E-state index in [4.69, 9.17) is 11.6 Å². The molecule has 3 rings (SSSR count). The van der Waals surface area contributed by atoms with Gasteiger partial charge in [-0.25, -0.2) is 0 Å². The third-order valence-corrected chi connectivity index (χ3v) is 4.61. The molecule has 26 heavy (non-hydrogen) atoms. The molecule has 0 spiro atoms. The molecule has 2 heterocycles. The van der Waals surface area contributed by atoms with Crippen molar-refractivity contribution < 1.29 is 9.59 Å². The Morgan fingerprint density at radius 2 is 1.81 bits per heavy atom. The first-order valence-corrected chi connectivity index (χ1v) is 9.33. The summed E-state index contributed by atoms with van der Waals surface area (Å²) in [6, 6.07) is 12.4. The van der Waals surface area contributed by atoms with Crippen LogP contribution in [-0.2, 0) is 16.1 Å². The predicted molar refractivity (Wildman–Crippen MR) is 102 cm³/mol. The fourth-order valence-electron chi connectivity index (χ4n) is 2.21. The topological polar surface area (TPSA) is 88.4 Å². The van der Waals surface area contributed by atoms with E-state index in [1.165, 1.54) is 11.8 Å². The zero-order valence-corrected chi connectivity index (χ0v) is 15.3. The molecular weight excluding hydrogens is 374 g/mol. The Labute approximate surface area is 159 Å². The maximum absolute atomic E-state index is 11.9. The lowest BCUT2D eigenvalue weighted by Crippen LogP contribution is -2.26. The van der Waals surface area contributed by atoms with E-state index in [0.29, 0.717) is 16.5 Å². The van der Waals surface area contributed by atoms with Gasteiger partial charge in [0.15, 0.2) is 11.5 Å². The highest BCUT2D eigenvalue weighted by atomic mass is 35.5. The predicted octanol–water partition coefficient (Wildman–Crippen LogP) is 2.37. The monoisotopic (exact) mass is 389 g/mol. The molecule has 0 unspecified atom stereocenters. The lowest BCUT2D eigenvalue weighted by molar-refractivity contribution is -0.118. The second-order valence-electron chi connectivity index (χ2n) is 5.37. The molecule has 3 aromatic rings. The van der Waals surface area contributed by atoms with Crippen molar-refractivity contribution in [1.82, 2.24) is 19.9 Å². The smallest absolute Gasteiger partial charge is 0.234 e. The highest BCUT2D eigenvalue weighted by Gasteiger charge is 2.09. The van der Waals surface area contributed by atoms with Gasteiger partial charge in [-0.2, -0.15) is 0 Å². The Balaban J connectivity index is 1.38. The number of aromatic nitrogens is 3. The minimum Gasteiger partial charge on any atom is -0.348 e.